The Morgan fingerprint density at radius 3 is 2.09 bits per heavy atom. The first kappa shape index (κ1) is 27.8. The van der Waals surface area contributed by atoms with Crippen molar-refractivity contribution in [1.82, 2.24) is 10.3 Å². The number of nitrogens with two attached hydrogens (primary N) is 1. The van der Waals surface area contributed by atoms with Crippen LogP contribution in [0.15, 0.2) is 24.4 Å². The number of rotatable bonds is 17. The van der Waals surface area contributed by atoms with Gasteiger partial charge in [-0.3, -0.25) is 14.9 Å². The van der Waals surface area contributed by atoms with Gasteiger partial charge in [-0.1, -0.05) is 0 Å². The molecule has 0 unspecified atom stereocenters. The monoisotopic (exact) mass is 494 g/mol. The summed E-state index contributed by atoms with van der Waals surface area (Å²) in [5.74, 6) is -0.476. The Balaban J connectivity index is 1.55. The zero-order valence-electron chi connectivity index (χ0n) is 19.8. The van der Waals surface area contributed by atoms with Gasteiger partial charge in [0.25, 0.3) is 11.8 Å². The first-order valence-corrected chi connectivity index (χ1v) is 12.0. The molecule has 10 nitrogen and oxygen atoms in total. The summed E-state index contributed by atoms with van der Waals surface area (Å²) < 4.78 is 21.4. The third-order valence-electron chi connectivity index (χ3n) is 4.49. The minimum absolute atomic E-state index is 0.224. The van der Waals surface area contributed by atoms with Crippen LogP contribution < -0.4 is 16.4 Å². The smallest absolute Gasteiger partial charge is 0.257 e. The molecule has 1 heterocycles. The minimum atomic E-state index is -0.252. The summed E-state index contributed by atoms with van der Waals surface area (Å²) in [6, 6.07) is 4.97. The number of benzene rings is 1. The van der Waals surface area contributed by atoms with Crippen LogP contribution in [-0.2, 0) is 18.9 Å². The molecule has 0 aliphatic heterocycles. The lowest BCUT2D eigenvalue weighted by Gasteiger charge is -2.10. The molecule has 0 spiro atoms. The Kier molecular flexibility index (Phi) is 13.3. The molecule has 0 aliphatic carbocycles. The van der Waals surface area contributed by atoms with E-state index in [1.807, 2.05) is 6.92 Å². The number of amides is 2. The molecule has 2 aromatic rings. The lowest BCUT2D eigenvalue weighted by atomic mass is 10.0. The van der Waals surface area contributed by atoms with Gasteiger partial charge < -0.3 is 30.0 Å². The van der Waals surface area contributed by atoms with Crippen LogP contribution in [0.25, 0.3) is 0 Å². The summed E-state index contributed by atoms with van der Waals surface area (Å²) in [5.41, 5.74) is 7.01. The Bertz CT molecular complexity index is 892. The van der Waals surface area contributed by atoms with Gasteiger partial charge in [0.1, 0.15) is 0 Å². The molecule has 11 heteroatoms. The largest absolute Gasteiger partial charge is 0.378 e. The molecule has 2 rings (SSSR count). The summed E-state index contributed by atoms with van der Waals surface area (Å²) >= 11 is 1.41. The Labute approximate surface area is 204 Å². The fourth-order valence-corrected chi connectivity index (χ4v) is 3.48. The first-order chi connectivity index (χ1) is 16.5. The Hall–Kier alpha value is -2.41. The van der Waals surface area contributed by atoms with E-state index in [0.29, 0.717) is 87.8 Å². The van der Waals surface area contributed by atoms with E-state index in [4.69, 9.17) is 24.7 Å². The highest BCUT2D eigenvalue weighted by atomic mass is 32.1. The second kappa shape index (κ2) is 16.3. The highest BCUT2D eigenvalue weighted by Crippen LogP contribution is 2.19. The number of aryl methyl sites for hydroxylation is 2. The number of ether oxygens (including phenoxy) is 4. The number of hydrogen-bond acceptors (Lipinski definition) is 9. The van der Waals surface area contributed by atoms with Gasteiger partial charge in [0.05, 0.1) is 52.9 Å². The molecule has 34 heavy (non-hydrogen) atoms. The van der Waals surface area contributed by atoms with Crippen molar-refractivity contribution in [1.29, 1.82) is 0 Å². The van der Waals surface area contributed by atoms with E-state index in [2.05, 4.69) is 15.6 Å². The molecule has 0 saturated heterocycles. The van der Waals surface area contributed by atoms with E-state index >= 15 is 0 Å². The maximum atomic E-state index is 12.5. The minimum Gasteiger partial charge on any atom is -0.378 e. The molecule has 2 amide bonds. The second-order valence-electron chi connectivity index (χ2n) is 7.25. The zero-order valence-corrected chi connectivity index (χ0v) is 20.6. The zero-order chi connectivity index (χ0) is 24.6. The summed E-state index contributed by atoms with van der Waals surface area (Å²) in [5, 5.41) is 6.13. The molecule has 1 aromatic carbocycles. The van der Waals surface area contributed by atoms with Gasteiger partial charge in [-0.2, -0.15) is 0 Å². The summed E-state index contributed by atoms with van der Waals surface area (Å²) in [4.78, 5) is 30.0. The number of hydrogen-bond donors (Lipinski definition) is 3. The predicted octanol–water partition coefficient (Wildman–Crippen LogP) is 1.77. The molecule has 0 fully saturated rings. The van der Waals surface area contributed by atoms with E-state index in [-0.39, 0.29) is 11.8 Å². The molecule has 4 N–H and O–H groups in total. The lowest BCUT2D eigenvalue weighted by molar-refractivity contribution is -0.000579. The SMILES string of the molecule is Cc1cnc(NC(=O)c2ccc(C(=O)NCCOCCOCCOCCOCCN)cc2C)s1. The lowest BCUT2D eigenvalue weighted by Crippen LogP contribution is -2.28. The molecule has 0 bridgehead atoms. The van der Waals surface area contributed by atoms with Crippen LogP contribution in [0.4, 0.5) is 5.13 Å². The van der Waals surface area contributed by atoms with Gasteiger partial charge >= 0.3 is 0 Å². The van der Waals surface area contributed by atoms with Crippen LogP contribution in [-0.4, -0.2) is 82.7 Å². The maximum Gasteiger partial charge on any atom is 0.257 e. The van der Waals surface area contributed by atoms with Crippen molar-refractivity contribution in [2.45, 2.75) is 13.8 Å². The van der Waals surface area contributed by atoms with Crippen LogP contribution in [0.3, 0.4) is 0 Å². The molecule has 0 radical (unpaired) electrons. The van der Waals surface area contributed by atoms with Gasteiger partial charge in [0.15, 0.2) is 5.13 Å². The number of aromatic nitrogens is 1. The van der Waals surface area contributed by atoms with Crippen molar-refractivity contribution < 1.29 is 28.5 Å². The summed E-state index contributed by atoms with van der Waals surface area (Å²) in [6.07, 6.45) is 1.71. The van der Waals surface area contributed by atoms with Gasteiger partial charge in [0, 0.05) is 35.3 Å². The molecule has 0 saturated carbocycles. The third-order valence-corrected chi connectivity index (χ3v) is 5.31. The number of anilines is 1. The van der Waals surface area contributed by atoms with E-state index in [9.17, 15) is 9.59 Å². The second-order valence-corrected chi connectivity index (χ2v) is 8.49. The van der Waals surface area contributed by atoms with E-state index in [0.717, 1.165) is 4.88 Å². The molecule has 0 atom stereocenters. The van der Waals surface area contributed by atoms with Gasteiger partial charge in [-0.25, -0.2) is 4.98 Å². The average Bonchev–Trinajstić information content (AvgIpc) is 3.23. The predicted molar refractivity (Wildman–Crippen MR) is 131 cm³/mol. The number of nitrogens with one attached hydrogen (secondary N) is 2. The standard InChI is InChI=1S/C23H34N4O6S/c1-17-15-19(3-4-20(17)22(29)27-23-26-16-18(2)34-23)21(28)25-6-8-31-10-12-33-14-13-32-11-9-30-7-5-24/h3-4,15-16H,5-14,24H2,1-2H3,(H,25,28)(H,26,27,29). The van der Waals surface area contributed by atoms with Crippen molar-refractivity contribution in [3.05, 3.63) is 46.0 Å². The number of nitrogens with zero attached hydrogens (tertiary/aromatic N) is 1. The molecular weight excluding hydrogens is 460 g/mol. The number of thiazole rings is 1. The highest BCUT2D eigenvalue weighted by Gasteiger charge is 2.14. The molecular formula is C23H34N4O6S. The van der Waals surface area contributed by atoms with Crippen molar-refractivity contribution >= 4 is 28.3 Å². The van der Waals surface area contributed by atoms with Crippen molar-refractivity contribution in [3.63, 3.8) is 0 Å². The van der Waals surface area contributed by atoms with Crippen LogP contribution in [0.1, 0.15) is 31.2 Å². The van der Waals surface area contributed by atoms with E-state index in [1.165, 1.54) is 11.3 Å². The molecule has 1 aromatic heterocycles. The Morgan fingerprint density at radius 2 is 1.53 bits per heavy atom. The maximum absolute atomic E-state index is 12.5. The number of carbonyl (C=O) groups excluding carboxylic acids is 2. The van der Waals surface area contributed by atoms with Crippen molar-refractivity contribution in [3.8, 4) is 0 Å². The van der Waals surface area contributed by atoms with E-state index in [1.54, 1.807) is 31.3 Å². The Morgan fingerprint density at radius 1 is 0.912 bits per heavy atom. The summed E-state index contributed by atoms with van der Waals surface area (Å²) in [7, 11) is 0. The molecule has 0 aliphatic rings. The normalized spacial score (nSPS) is 10.9. The first-order valence-electron chi connectivity index (χ1n) is 11.1. The summed E-state index contributed by atoms with van der Waals surface area (Å²) in [6.45, 7) is 8.40. The van der Waals surface area contributed by atoms with Crippen molar-refractivity contribution in [2.24, 2.45) is 5.73 Å². The van der Waals surface area contributed by atoms with Gasteiger partial charge in [0.2, 0.25) is 0 Å². The average molecular weight is 495 g/mol. The quantitative estimate of drug-likeness (QED) is 0.283. The van der Waals surface area contributed by atoms with E-state index < -0.39 is 0 Å². The number of carbonyl (C=O) groups is 2. The van der Waals surface area contributed by atoms with Crippen LogP contribution in [0.5, 0.6) is 0 Å². The topological polar surface area (TPSA) is 134 Å². The third kappa shape index (κ3) is 10.7. The van der Waals surface area contributed by atoms with Crippen LogP contribution in [0, 0.1) is 13.8 Å². The highest BCUT2D eigenvalue weighted by molar-refractivity contribution is 7.15. The molecule has 188 valence electrons. The van der Waals surface area contributed by atoms with Crippen LogP contribution >= 0.6 is 11.3 Å². The van der Waals surface area contributed by atoms with Crippen LogP contribution in [0.2, 0.25) is 0 Å². The fraction of sp³-hybridized carbons (Fsp3) is 0.522. The van der Waals surface area contributed by atoms with Gasteiger partial charge in [-0.15, -0.1) is 11.3 Å². The van der Waals surface area contributed by atoms with Gasteiger partial charge in [-0.05, 0) is 37.6 Å². The fourth-order valence-electron chi connectivity index (χ4n) is 2.82. The van der Waals surface area contributed by atoms with Crippen molar-refractivity contribution in [2.75, 3.05) is 71.3 Å².